The summed E-state index contributed by atoms with van der Waals surface area (Å²) in [4.78, 5) is 12.4. The summed E-state index contributed by atoms with van der Waals surface area (Å²) in [5.74, 6) is 0.0456. The highest BCUT2D eigenvalue weighted by atomic mass is 35.5. The molecule has 0 aromatic heterocycles. The van der Waals surface area contributed by atoms with E-state index in [0.29, 0.717) is 22.1 Å². The average molecular weight is 381 g/mol. The number of fused-ring (bicyclic) bond motifs is 1. The van der Waals surface area contributed by atoms with Gasteiger partial charge in [0.25, 0.3) is 0 Å². The van der Waals surface area contributed by atoms with E-state index >= 15 is 0 Å². The second kappa shape index (κ2) is 6.70. The van der Waals surface area contributed by atoms with Crippen LogP contribution in [0.25, 0.3) is 6.08 Å². The molecule has 3 aromatic carbocycles. The van der Waals surface area contributed by atoms with Crippen LogP contribution in [0.3, 0.4) is 0 Å². The summed E-state index contributed by atoms with van der Waals surface area (Å²) in [5.41, 5.74) is 0.881. The molecule has 27 heavy (non-hydrogen) atoms. The van der Waals surface area contributed by atoms with Crippen molar-refractivity contribution in [2.45, 2.75) is 0 Å². The molecule has 0 atom stereocenters. The van der Waals surface area contributed by atoms with Gasteiger partial charge in [0.2, 0.25) is 11.5 Å². The average Bonchev–Trinajstić information content (AvgIpc) is 2.97. The van der Waals surface area contributed by atoms with Gasteiger partial charge >= 0.3 is 0 Å². The number of benzene rings is 3. The summed E-state index contributed by atoms with van der Waals surface area (Å²) in [6.45, 7) is 0. The molecule has 3 aromatic rings. The smallest absolute Gasteiger partial charge is 0.232 e. The molecule has 0 spiro atoms. The van der Waals surface area contributed by atoms with Gasteiger partial charge in [-0.3, -0.25) is 4.79 Å². The Kier molecular flexibility index (Phi) is 4.22. The van der Waals surface area contributed by atoms with E-state index in [1.54, 1.807) is 54.6 Å². The Hall–Kier alpha value is -3.44. The van der Waals surface area contributed by atoms with E-state index in [-0.39, 0.29) is 28.6 Å². The van der Waals surface area contributed by atoms with Gasteiger partial charge in [-0.25, -0.2) is 0 Å². The van der Waals surface area contributed by atoms with Crippen molar-refractivity contribution in [1.82, 2.24) is 0 Å². The molecule has 0 fully saturated rings. The summed E-state index contributed by atoms with van der Waals surface area (Å²) >= 11 is 5.87. The van der Waals surface area contributed by atoms with Crippen LogP contribution in [0.2, 0.25) is 5.02 Å². The number of Topliss-reactive ketones (excluding diaryl/α,β-unsaturated/α-hetero) is 1. The van der Waals surface area contributed by atoms with Gasteiger partial charge in [-0.05, 0) is 60.2 Å². The second-order valence-corrected chi connectivity index (χ2v) is 6.31. The molecule has 0 radical (unpaired) electrons. The summed E-state index contributed by atoms with van der Waals surface area (Å²) in [6.07, 6.45) is 1.55. The standard InChI is InChI=1S/C21H13ClO5/c22-13-4-6-14(7-5-13)26-15-3-1-2-12(10-15)11-18-19(24)16-8-9-17(23)20(25)21(16)27-18/h1-11,23,25H. The van der Waals surface area contributed by atoms with Crippen molar-refractivity contribution in [3.63, 3.8) is 0 Å². The molecular weight excluding hydrogens is 368 g/mol. The van der Waals surface area contributed by atoms with Crippen LogP contribution in [-0.4, -0.2) is 16.0 Å². The maximum absolute atomic E-state index is 12.4. The quantitative estimate of drug-likeness (QED) is 0.485. The summed E-state index contributed by atoms with van der Waals surface area (Å²) in [6, 6.07) is 16.7. The van der Waals surface area contributed by atoms with E-state index in [1.165, 1.54) is 12.1 Å². The highest BCUT2D eigenvalue weighted by molar-refractivity contribution is 6.30. The lowest BCUT2D eigenvalue weighted by molar-refractivity contribution is 0.101. The van der Waals surface area contributed by atoms with Crippen molar-refractivity contribution in [3.8, 4) is 28.7 Å². The van der Waals surface area contributed by atoms with Crippen molar-refractivity contribution < 1.29 is 24.5 Å². The number of carbonyl (C=O) groups excluding carboxylic acids is 1. The number of ether oxygens (including phenoxy) is 2. The van der Waals surface area contributed by atoms with Crippen LogP contribution in [-0.2, 0) is 0 Å². The third kappa shape index (κ3) is 3.32. The van der Waals surface area contributed by atoms with Crippen molar-refractivity contribution in [3.05, 3.63) is 82.6 Å². The van der Waals surface area contributed by atoms with Crippen LogP contribution in [0.4, 0.5) is 0 Å². The fourth-order valence-corrected chi connectivity index (χ4v) is 2.81. The Labute approximate surface area is 159 Å². The monoisotopic (exact) mass is 380 g/mol. The number of phenols is 2. The minimum atomic E-state index is -0.455. The zero-order chi connectivity index (χ0) is 19.0. The molecule has 0 amide bonds. The Bertz CT molecular complexity index is 1070. The van der Waals surface area contributed by atoms with Gasteiger partial charge in [0.1, 0.15) is 11.5 Å². The summed E-state index contributed by atoms with van der Waals surface area (Å²) in [5, 5.41) is 20.0. The highest BCUT2D eigenvalue weighted by Gasteiger charge is 2.31. The van der Waals surface area contributed by atoms with Crippen LogP contribution in [0.1, 0.15) is 15.9 Å². The number of allylic oxidation sites excluding steroid dienone is 1. The molecule has 6 heteroatoms. The molecular formula is C21H13ClO5. The molecule has 1 heterocycles. The van der Waals surface area contributed by atoms with Gasteiger partial charge in [0, 0.05) is 5.02 Å². The second-order valence-electron chi connectivity index (χ2n) is 5.88. The number of rotatable bonds is 3. The maximum atomic E-state index is 12.4. The zero-order valence-electron chi connectivity index (χ0n) is 13.8. The topological polar surface area (TPSA) is 76.0 Å². The van der Waals surface area contributed by atoms with E-state index in [4.69, 9.17) is 21.1 Å². The normalized spacial score (nSPS) is 14.1. The van der Waals surface area contributed by atoms with Crippen LogP contribution >= 0.6 is 11.6 Å². The Morgan fingerprint density at radius 3 is 2.52 bits per heavy atom. The molecule has 5 nitrogen and oxygen atoms in total. The predicted molar refractivity (Wildman–Crippen MR) is 101 cm³/mol. The first-order chi connectivity index (χ1) is 13.0. The molecule has 0 unspecified atom stereocenters. The molecule has 0 aliphatic carbocycles. The Balaban J connectivity index is 1.60. The van der Waals surface area contributed by atoms with Crippen LogP contribution < -0.4 is 9.47 Å². The lowest BCUT2D eigenvalue weighted by atomic mass is 10.1. The molecule has 4 rings (SSSR count). The van der Waals surface area contributed by atoms with Gasteiger partial charge in [0.15, 0.2) is 17.3 Å². The largest absolute Gasteiger partial charge is 0.504 e. The lowest BCUT2D eigenvalue weighted by Gasteiger charge is -2.07. The number of ketones is 1. The molecule has 0 saturated heterocycles. The van der Waals surface area contributed by atoms with Crippen molar-refractivity contribution in [1.29, 1.82) is 0 Å². The fourth-order valence-electron chi connectivity index (χ4n) is 2.68. The van der Waals surface area contributed by atoms with Crippen molar-refractivity contribution in [2.24, 2.45) is 0 Å². The zero-order valence-corrected chi connectivity index (χ0v) is 14.6. The predicted octanol–water partition coefficient (Wildman–Crippen LogP) is 5.16. The first-order valence-electron chi connectivity index (χ1n) is 8.04. The van der Waals surface area contributed by atoms with Crippen LogP contribution in [0, 0.1) is 0 Å². The molecule has 1 aliphatic heterocycles. The van der Waals surface area contributed by atoms with Gasteiger partial charge in [-0.2, -0.15) is 0 Å². The summed E-state index contributed by atoms with van der Waals surface area (Å²) < 4.78 is 11.2. The van der Waals surface area contributed by atoms with Gasteiger partial charge < -0.3 is 19.7 Å². The minimum absolute atomic E-state index is 0.0418. The first kappa shape index (κ1) is 17.0. The van der Waals surface area contributed by atoms with Crippen LogP contribution in [0.15, 0.2) is 66.4 Å². The molecule has 2 N–H and O–H groups in total. The van der Waals surface area contributed by atoms with Crippen molar-refractivity contribution in [2.75, 3.05) is 0 Å². The number of hydrogen-bond donors (Lipinski definition) is 2. The van der Waals surface area contributed by atoms with E-state index in [1.807, 2.05) is 0 Å². The fraction of sp³-hybridized carbons (Fsp3) is 0. The minimum Gasteiger partial charge on any atom is -0.504 e. The molecule has 0 saturated carbocycles. The Morgan fingerprint density at radius 2 is 1.74 bits per heavy atom. The third-order valence-corrected chi connectivity index (χ3v) is 4.25. The maximum Gasteiger partial charge on any atom is 0.232 e. The third-order valence-electron chi connectivity index (χ3n) is 4.00. The Morgan fingerprint density at radius 1 is 0.963 bits per heavy atom. The van der Waals surface area contributed by atoms with Gasteiger partial charge in [0.05, 0.1) is 5.56 Å². The highest BCUT2D eigenvalue weighted by Crippen LogP contribution is 2.44. The number of hydrogen-bond acceptors (Lipinski definition) is 5. The van der Waals surface area contributed by atoms with Crippen molar-refractivity contribution >= 4 is 23.5 Å². The summed E-state index contributed by atoms with van der Waals surface area (Å²) in [7, 11) is 0. The molecule has 134 valence electrons. The molecule has 0 bridgehead atoms. The number of carbonyl (C=O) groups is 1. The SMILES string of the molecule is O=C1C(=Cc2cccc(Oc3ccc(Cl)cc3)c2)Oc2c1ccc(O)c2O. The first-order valence-corrected chi connectivity index (χ1v) is 8.42. The number of aromatic hydroxyl groups is 2. The molecule has 1 aliphatic rings. The van der Waals surface area contributed by atoms with Gasteiger partial charge in [-0.15, -0.1) is 0 Å². The van der Waals surface area contributed by atoms with Crippen LogP contribution in [0.5, 0.6) is 28.7 Å². The van der Waals surface area contributed by atoms with E-state index in [9.17, 15) is 15.0 Å². The van der Waals surface area contributed by atoms with E-state index < -0.39 is 5.75 Å². The van der Waals surface area contributed by atoms with E-state index in [2.05, 4.69) is 0 Å². The number of phenolic OH excluding ortho intramolecular Hbond substituents is 2. The number of halogens is 1. The lowest BCUT2D eigenvalue weighted by Crippen LogP contribution is -1.98. The van der Waals surface area contributed by atoms with E-state index in [0.717, 1.165) is 0 Å². The van der Waals surface area contributed by atoms with Gasteiger partial charge in [-0.1, -0.05) is 23.7 Å².